The van der Waals surface area contributed by atoms with Crippen LogP contribution in [0.4, 0.5) is 0 Å². The zero-order valence-electron chi connectivity index (χ0n) is 9.87. The van der Waals surface area contributed by atoms with Crippen molar-refractivity contribution in [3.8, 4) is 0 Å². The van der Waals surface area contributed by atoms with Crippen molar-refractivity contribution in [2.24, 2.45) is 0 Å². The molecule has 0 fully saturated rings. The summed E-state index contributed by atoms with van der Waals surface area (Å²) in [6, 6.07) is 4.84. The van der Waals surface area contributed by atoms with Crippen LogP contribution < -0.4 is 5.32 Å². The molecule has 0 aromatic carbocycles. The van der Waals surface area contributed by atoms with Gasteiger partial charge in [0.05, 0.1) is 0 Å². The SMILES string of the molecule is CCCCC(Cc1ccncc1)NCC. The zero-order valence-corrected chi connectivity index (χ0v) is 9.87. The summed E-state index contributed by atoms with van der Waals surface area (Å²) in [7, 11) is 0. The van der Waals surface area contributed by atoms with E-state index >= 15 is 0 Å². The monoisotopic (exact) mass is 206 g/mol. The number of nitrogens with one attached hydrogen (secondary N) is 1. The fourth-order valence-corrected chi connectivity index (χ4v) is 1.82. The minimum atomic E-state index is 0.623. The highest BCUT2D eigenvalue weighted by atomic mass is 14.9. The number of hydrogen-bond acceptors (Lipinski definition) is 2. The standard InChI is InChI=1S/C13H22N2/c1-3-5-6-13(15-4-2)11-12-7-9-14-10-8-12/h7-10,13,15H,3-6,11H2,1-2H3. The van der Waals surface area contributed by atoms with Gasteiger partial charge in [0.15, 0.2) is 0 Å². The van der Waals surface area contributed by atoms with Gasteiger partial charge in [0.1, 0.15) is 0 Å². The molecule has 0 aliphatic carbocycles. The van der Waals surface area contributed by atoms with Gasteiger partial charge in [-0.1, -0.05) is 26.7 Å². The number of likely N-dealkylation sites (N-methyl/N-ethyl adjacent to an activating group) is 1. The van der Waals surface area contributed by atoms with Crippen LogP contribution in [-0.4, -0.2) is 17.6 Å². The first-order chi connectivity index (χ1) is 7.36. The maximum atomic E-state index is 4.04. The minimum Gasteiger partial charge on any atom is -0.314 e. The molecule has 84 valence electrons. The normalized spacial score (nSPS) is 12.7. The lowest BCUT2D eigenvalue weighted by atomic mass is 10.0. The molecule has 1 N–H and O–H groups in total. The van der Waals surface area contributed by atoms with Gasteiger partial charge in [-0.2, -0.15) is 0 Å². The molecule has 2 heteroatoms. The lowest BCUT2D eigenvalue weighted by molar-refractivity contribution is 0.473. The third kappa shape index (κ3) is 4.93. The smallest absolute Gasteiger partial charge is 0.0270 e. The molecule has 1 unspecified atom stereocenters. The number of nitrogens with zero attached hydrogens (tertiary/aromatic N) is 1. The first kappa shape index (κ1) is 12.2. The molecule has 0 spiro atoms. The molecule has 1 aromatic rings. The molecule has 0 saturated carbocycles. The van der Waals surface area contributed by atoms with Crippen LogP contribution in [0.3, 0.4) is 0 Å². The van der Waals surface area contributed by atoms with E-state index in [1.54, 1.807) is 0 Å². The highest BCUT2D eigenvalue weighted by Gasteiger charge is 2.07. The third-order valence-corrected chi connectivity index (χ3v) is 2.63. The number of unbranched alkanes of at least 4 members (excludes halogenated alkanes) is 1. The molecule has 0 radical (unpaired) electrons. The van der Waals surface area contributed by atoms with Crippen molar-refractivity contribution in [2.45, 2.75) is 45.6 Å². The van der Waals surface area contributed by atoms with E-state index in [1.807, 2.05) is 12.4 Å². The van der Waals surface area contributed by atoms with Gasteiger partial charge < -0.3 is 5.32 Å². The summed E-state index contributed by atoms with van der Waals surface area (Å²) in [5.74, 6) is 0. The van der Waals surface area contributed by atoms with Gasteiger partial charge in [0.2, 0.25) is 0 Å². The van der Waals surface area contributed by atoms with Crippen LogP contribution in [0.15, 0.2) is 24.5 Å². The van der Waals surface area contributed by atoms with Crippen molar-refractivity contribution in [3.05, 3.63) is 30.1 Å². The number of hydrogen-bond donors (Lipinski definition) is 1. The van der Waals surface area contributed by atoms with Crippen LogP contribution in [0, 0.1) is 0 Å². The highest BCUT2D eigenvalue weighted by molar-refractivity contribution is 5.11. The van der Waals surface area contributed by atoms with Crippen molar-refractivity contribution in [1.82, 2.24) is 10.3 Å². The van der Waals surface area contributed by atoms with Gasteiger partial charge in [-0.3, -0.25) is 4.98 Å². The topological polar surface area (TPSA) is 24.9 Å². The third-order valence-electron chi connectivity index (χ3n) is 2.63. The summed E-state index contributed by atoms with van der Waals surface area (Å²) in [6.07, 6.45) is 8.72. The Hall–Kier alpha value is -0.890. The van der Waals surface area contributed by atoms with E-state index in [9.17, 15) is 0 Å². The Morgan fingerprint density at radius 1 is 1.27 bits per heavy atom. The molecule has 1 atom stereocenters. The van der Waals surface area contributed by atoms with E-state index in [1.165, 1.54) is 24.8 Å². The Balaban J connectivity index is 2.43. The van der Waals surface area contributed by atoms with E-state index in [-0.39, 0.29) is 0 Å². The van der Waals surface area contributed by atoms with Crippen molar-refractivity contribution in [2.75, 3.05) is 6.54 Å². The largest absolute Gasteiger partial charge is 0.314 e. The first-order valence-electron chi connectivity index (χ1n) is 5.99. The fraction of sp³-hybridized carbons (Fsp3) is 0.615. The van der Waals surface area contributed by atoms with E-state index in [2.05, 4.69) is 36.3 Å². The van der Waals surface area contributed by atoms with Gasteiger partial charge in [-0.15, -0.1) is 0 Å². The van der Waals surface area contributed by atoms with Gasteiger partial charge in [-0.05, 0) is 37.1 Å². The fourth-order valence-electron chi connectivity index (χ4n) is 1.82. The van der Waals surface area contributed by atoms with Crippen molar-refractivity contribution < 1.29 is 0 Å². The molecule has 0 saturated heterocycles. The van der Waals surface area contributed by atoms with Crippen molar-refractivity contribution in [1.29, 1.82) is 0 Å². The molecule has 1 aromatic heterocycles. The summed E-state index contributed by atoms with van der Waals surface area (Å²) in [6.45, 7) is 5.47. The van der Waals surface area contributed by atoms with Gasteiger partial charge >= 0.3 is 0 Å². The second-order valence-corrected chi connectivity index (χ2v) is 3.96. The van der Waals surface area contributed by atoms with E-state index < -0.39 is 0 Å². The Morgan fingerprint density at radius 2 is 2.00 bits per heavy atom. The quantitative estimate of drug-likeness (QED) is 0.742. The van der Waals surface area contributed by atoms with E-state index in [0.717, 1.165) is 13.0 Å². The highest BCUT2D eigenvalue weighted by Crippen LogP contribution is 2.07. The average Bonchev–Trinajstić information content (AvgIpc) is 2.28. The second-order valence-electron chi connectivity index (χ2n) is 3.96. The second kappa shape index (κ2) is 7.41. The van der Waals surface area contributed by atoms with Crippen LogP contribution in [0.25, 0.3) is 0 Å². The molecule has 0 aliphatic rings. The summed E-state index contributed by atoms with van der Waals surface area (Å²) in [4.78, 5) is 4.04. The molecule has 0 aliphatic heterocycles. The van der Waals surface area contributed by atoms with Crippen molar-refractivity contribution >= 4 is 0 Å². The van der Waals surface area contributed by atoms with Crippen LogP contribution in [0.1, 0.15) is 38.7 Å². The van der Waals surface area contributed by atoms with Crippen LogP contribution in [-0.2, 0) is 6.42 Å². The summed E-state index contributed by atoms with van der Waals surface area (Å²) in [5, 5.41) is 3.55. The predicted octanol–water partition coefficient (Wildman–Crippen LogP) is 2.79. The van der Waals surface area contributed by atoms with Gasteiger partial charge in [-0.25, -0.2) is 0 Å². The minimum absolute atomic E-state index is 0.623. The van der Waals surface area contributed by atoms with Crippen LogP contribution >= 0.6 is 0 Å². The van der Waals surface area contributed by atoms with Crippen LogP contribution in [0.5, 0.6) is 0 Å². The first-order valence-corrected chi connectivity index (χ1v) is 5.99. The zero-order chi connectivity index (χ0) is 10.9. The maximum absolute atomic E-state index is 4.04. The molecular formula is C13H22N2. The molecule has 0 bridgehead atoms. The molecule has 15 heavy (non-hydrogen) atoms. The molecular weight excluding hydrogens is 184 g/mol. The molecule has 1 heterocycles. The summed E-state index contributed by atoms with van der Waals surface area (Å²) < 4.78 is 0. The Bertz CT molecular complexity index is 246. The maximum Gasteiger partial charge on any atom is 0.0270 e. The Morgan fingerprint density at radius 3 is 2.60 bits per heavy atom. The van der Waals surface area contributed by atoms with E-state index in [0.29, 0.717) is 6.04 Å². The lowest BCUT2D eigenvalue weighted by Gasteiger charge is -2.17. The van der Waals surface area contributed by atoms with Crippen molar-refractivity contribution in [3.63, 3.8) is 0 Å². The molecule has 0 amide bonds. The van der Waals surface area contributed by atoms with Gasteiger partial charge in [0.25, 0.3) is 0 Å². The Labute approximate surface area is 93.1 Å². The number of rotatable bonds is 7. The summed E-state index contributed by atoms with van der Waals surface area (Å²) in [5.41, 5.74) is 1.38. The van der Waals surface area contributed by atoms with Crippen LogP contribution in [0.2, 0.25) is 0 Å². The van der Waals surface area contributed by atoms with Gasteiger partial charge in [0, 0.05) is 18.4 Å². The van der Waals surface area contributed by atoms with E-state index in [4.69, 9.17) is 0 Å². The number of pyridine rings is 1. The molecule has 1 rings (SSSR count). The Kier molecular flexibility index (Phi) is 6.02. The predicted molar refractivity (Wildman–Crippen MR) is 64.9 cm³/mol. The average molecular weight is 206 g/mol. The summed E-state index contributed by atoms with van der Waals surface area (Å²) >= 11 is 0. The molecule has 2 nitrogen and oxygen atoms in total. The number of aromatic nitrogens is 1. The lowest BCUT2D eigenvalue weighted by Crippen LogP contribution is -2.30.